The van der Waals surface area contributed by atoms with E-state index in [0.29, 0.717) is 5.56 Å². The lowest BCUT2D eigenvalue weighted by atomic mass is 9.56. The summed E-state index contributed by atoms with van der Waals surface area (Å²) in [6.45, 7) is 1.96. The summed E-state index contributed by atoms with van der Waals surface area (Å²) in [5.41, 5.74) is 3.55. The van der Waals surface area contributed by atoms with Gasteiger partial charge < -0.3 is 15.1 Å². The molecular weight excluding hydrogens is 504 g/mol. The average molecular weight is 531 g/mol. The summed E-state index contributed by atoms with van der Waals surface area (Å²) in [6, 6.07) is 19.5. The number of hydrogen-bond acceptors (Lipinski definition) is 3. The van der Waals surface area contributed by atoms with E-state index in [9.17, 15) is 9.59 Å². The van der Waals surface area contributed by atoms with Gasteiger partial charge in [0.2, 0.25) is 5.91 Å². The van der Waals surface area contributed by atoms with Gasteiger partial charge in [-0.15, -0.1) is 0 Å². The summed E-state index contributed by atoms with van der Waals surface area (Å²) in [7, 11) is 0. The zero-order valence-corrected chi connectivity index (χ0v) is 21.2. The Morgan fingerprint density at radius 2 is 1.57 bits per heavy atom. The number of aryl methyl sites for hydroxylation is 1. The molecule has 3 aliphatic rings. The van der Waals surface area contributed by atoms with Crippen LogP contribution in [0.25, 0.3) is 21.9 Å². The number of para-hydroxylation sites is 1. The lowest BCUT2D eigenvalue weighted by Gasteiger charge is -2.52. The molecule has 5 nitrogen and oxygen atoms in total. The van der Waals surface area contributed by atoms with Gasteiger partial charge in [0.1, 0.15) is 11.2 Å². The van der Waals surface area contributed by atoms with Crippen LogP contribution in [-0.4, -0.2) is 17.4 Å². The second-order valence-corrected chi connectivity index (χ2v) is 11.2. The molecule has 0 unspecified atom stereocenters. The molecule has 1 heterocycles. The normalized spacial score (nSPS) is 23.5. The van der Waals surface area contributed by atoms with E-state index in [4.69, 9.17) is 4.42 Å². The second kappa shape index (κ2) is 8.23. The summed E-state index contributed by atoms with van der Waals surface area (Å²) in [5.74, 6) is 0.0718. The van der Waals surface area contributed by atoms with Crippen molar-refractivity contribution in [1.29, 1.82) is 0 Å². The van der Waals surface area contributed by atoms with Gasteiger partial charge in [-0.3, -0.25) is 9.59 Å². The first-order valence-electron chi connectivity index (χ1n) is 12.2. The first-order valence-corrected chi connectivity index (χ1v) is 13.0. The summed E-state index contributed by atoms with van der Waals surface area (Å²) in [4.78, 5) is 26.5. The Kier molecular flexibility index (Phi) is 5.26. The van der Waals surface area contributed by atoms with Crippen LogP contribution < -0.4 is 10.6 Å². The minimum absolute atomic E-state index is 0.0190. The van der Waals surface area contributed by atoms with E-state index in [-0.39, 0.29) is 22.8 Å². The molecular formula is C29H27BrN2O3. The third-order valence-corrected chi connectivity index (χ3v) is 8.67. The maximum atomic E-state index is 13.5. The second-order valence-electron chi connectivity index (χ2n) is 10.2. The van der Waals surface area contributed by atoms with E-state index in [0.717, 1.165) is 76.2 Å². The first-order chi connectivity index (χ1) is 16.9. The molecule has 0 aliphatic heterocycles. The van der Waals surface area contributed by atoms with Gasteiger partial charge in [0, 0.05) is 37.4 Å². The smallest absolute Gasteiger partial charge is 0.251 e. The number of nitrogens with one attached hydrogen (secondary N) is 2. The molecule has 3 aliphatic carbocycles. The highest BCUT2D eigenvalue weighted by Crippen LogP contribution is 2.53. The lowest BCUT2D eigenvalue weighted by molar-refractivity contribution is -0.132. The molecule has 2 N–H and O–H groups in total. The van der Waals surface area contributed by atoms with Crippen molar-refractivity contribution >= 4 is 55.4 Å². The Hall–Kier alpha value is -3.12. The standard InChI is InChI=1S/C29H27BrN2O3/c1-18-16-19(30)6-8-21(18)26(33)32-29-13-10-28(11-14-29,12-15-29)27(34)31-20-7-9-25-23(17-20)22-4-2-3-5-24(22)35-25/h2-9,16-17H,10-15H2,1H3,(H,31,34)(H,32,33). The number of carbonyl (C=O) groups is 2. The van der Waals surface area contributed by atoms with Gasteiger partial charge in [0.05, 0.1) is 0 Å². The van der Waals surface area contributed by atoms with Crippen molar-refractivity contribution in [1.82, 2.24) is 5.32 Å². The molecule has 0 spiro atoms. The predicted molar refractivity (Wildman–Crippen MR) is 142 cm³/mol. The average Bonchev–Trinajstić information content (AvgIpc) is 3.23. The fourth-order valence-electron chi connectivity index (χ4n) is 5.97. The SMILES string of the molecule is Cc1cc(Br)ccc1C(=O)NC12CCC(C(=O)Nc3ccc4oc5ccccc5c4c3)(CC1)CC2. The van der Waals surface area contributed by atoms with Crippen LogP contribution in [0.2, 0.25) is 0 Å². The van der Waals surface area contributed by atoms with Crippen LogP contribution in [-0.2, 0) is 4.79 Å². The van der Waals surface area contributed by atoms with Crippen LogP contribution in [0.3, 0.4) is 0 Å². The van der Waals surface area contributed by atoms with Crippen molar-refractivity contribution in [3.8, 4) is 0 Å². The van der Waals surface area contributed by atoms with Crippen molar-refractivity contribution in [2.24, 2.45) is 5.41 Å². The number of anilines is 1. The van der Waals surface area contributed by atoms with Crippen molar-refractivity contribution in [3.05, 3.63) is 76.3 Å². The molecule has 3 aromatic carbocycles. The number of rotatable bonds is 4. The fraction of sp³-hybridized carbons (Fsp3) is 0.310. The van der Waals surface area contributed by atoms with Gasteiger partial charge >= 0.3 is 0 Å². The molecule has 35 heavy (non-hydrogen) atoms. The molecule has 3 saturated carbocycles. The van der Waals surface area contributed by atoms with Crippen molar-refractivity contribution in [3.63, 3.8) is 0 Å². The molecule has 0 saturated heterocycles. The van der Waals surface area contributed by atoms with Crippen molar-refractivity contribution in [2.75, 3.05) is 5.32 Å². The maximum absolute atomic E-state index is 13.5. The minimum atomic E-state index is -0.368. The lowest BCUT2D eigenvalue weighted by Crippen LogP contribution is -2.59. The van der Waals surface area contributed by atoms with Crippen LogP contribution in [0.5, 0.6) is 0 Å². The molecule has 3 fully saturated rings. The molecule has 2 bridgehead atoms. The topological polar surface area (TPSA) is 71.3 Å². The van der Waals surface area contributed by atoms with Crippen molar-refractivity contribution in [2.45, 2.75) is 51.0 Å². The van der Waals surface area contributed by atoms with Crippen LogP contribution >= 0.6 is 15.9 Å². The quantitative estimate of drug-likeness (QED) is 0.295. The minimum Gasteiger partial charge on any atom is -0.456 e. The van der Waals surface area contributed by atoms with Crippen molar-refractivity contribution < 1.29 is 14.0 Å². The largest absolute Gasteiger partial charge is 0.456 e. The van der Waals surface area contributed by atoms with Crippen LogP contribution in [0, 0.1) is 12.3 Å². The highest BCUT2D eigenvalue weighted by molar-refractivity contribution is 9.10. The number of fused-ring (bicyclic) bond motifs is 6. The number of hydrogen-bond donors (Lipinski definition) is 2. The third-order valence-electron chi connectivity index (χ3n) is 8.17. The molecule has 0 atom stereocenters. The molecule has 0 radical (unpaired) electrons. The predicted octanol–water partition coefficient (Wildman–Crippen LogP) is 7.12. The summed E-state index contributed by atoms with van der Waals surface area (Å²) in [5, 5.41) is 8.59. The Morgan fingerprint density at radius 1 is 0.857 bits per heavy atom. The van der Waals surface area contributed by atoms with Gasteiger partial charge in [0.25, 0.3) is 5.91 Å². The number of amides is 2. The summed E-state index contributed by atoms with van der Waals surface area (Å²) < 4.78 is 6.88. The third kappa shape index (κ3) is 3.84. The zero-order valence-electron chi connectivity index (χ0n) is 19.6. The van der Waals surface area contributed by atoms with Gasteiger partial charge in [-0.05, 0) is 93.5 Å². The molecule has 2 amide bonds. The fourth-order valence-corrected chi connectivity index (χ4v) is 6.45. The monoisotopic (exact) mass is 530 g/mol. The van der Waals surface area contributed by atoms with Gasteiger partial charge in [-0.1, -0.05) is 34.1 Å². The number of furan rings is 1. The zero-order chi connectivity index (χ0) is 24.2. The Labute approximate surface area is 212 Å². The molecule has 4 aromatic rings. The van der Waals surface area contributed by atoms with E-state index in [1.54, 1.807) is 0 Å². The molecule has 178 valence electrons. The van der Waals surface area contributed by atoms with E-state index >= 15 is 0 Å². The van der Waals surface area contributed by atoms with Crippen LogP contribution in [0.4, 0.5) is 5.69 Å². The number of carbonyl (C=O) groups excluding carboxylic acids is 2. The highest BCUT2D eigenvalue weighted by Gasteiger charge is 2.53. The van der Waals surface area contributed by atoms with E-state index < -0.39 is 0 Å². The number of halogens is 1. The van der Waals surface area contributed by atoms with Gasteiger partial charge in [0.15, 0.2) is 0 Å². The number of benzene rings is 3. The first kappa shape index (κ1) is 22.4. The summed E-state index contributed by atoms with van der Waals surface area (Å²) >= 11 is 3.46. The van der Waals surface area contributed by atoms with E-state index in [1.165, 1.54) is 0 Å². The van der Waals surface area contributed by atoms with E-state index in [1.807, 2.05) is 67.6 Å². The summed E-state index contributed by atoms with van der Waals surface area (Å²) in [6.07, 6.45) is 4.84. The van der Waals surface area contributed by atoms with Gasteiger partial charge in [-0.25, -0.2) is 0 Å². The molecule has 7 rings (SSSR count). The Balaban J connectivity index is 1.16. The van der Waals surface area contributed by atoms with Gasteiger partial charge in [-0.2, -0.15) is 0 Å². The highest BCUT2D eigenvalue weighted by atomic mass is 79.9. The molecule has 6 heteroatoms. The Morgan fingerprint density at radius 3 is 2.31 bits per heavy atom. The Bertz CT molecular complexity index is 1460. The van der Waals surface area contributed by atoms with Crippen LogP contribution in [0.15, 0.2) is 69.6 Å². The molecule has 1 aromatic heterocycles. The van der Waals surface area contributed by atoms with E-state index in [2.05, 4.69) is 26.6 Å². The van der Waals surface area contributed by atoms with Crippen LogP contribution in [0.1, 0.15) is 54.4 Å². The maximum Gasteiger partial charge on any atom is 0.251 e.